The average Bonchev–Trinajstić information content (AvgIpc) is 2.45. The van der Waals surface area contributed by atoms with Crippen molar-refractivity contribution in [2.45, 2.75) is 19.8 Å². The predicted molar refractivity (Wildman–Crippen MR) is 80.3 cm³/mol. The highest BCUT2D eigenvalue weighted by Crippen LogP contribution is 2.23. The molecule has 20 heavy (non-hydrogen) atoms. The van der Waals surface area contributed by atoms with Crippen molar-refractivity contribution in [2.75, 3.05) is 19.8 Å². The molecule has 1 aromatic rings. The van der Waals surface area contributed by atoms with Crippen LogP contribution in [0.2, 0.25) is 10.0 Å². The van der Waals surface area contributed by atoms with E-state index in [9.17, 15) is 0 Å². The second-order valence-corrected chi connectivity index (χ2v) is 4.71. The van der Waals surface area contributed by atoms with Crippen LogP contribution in [0.5, 0.6) is 0 Å². The van der Waals surface area contributed by atoms with E-state index >= 15 is 0 Å². The number of hydrogen-bond acceptors (Lipinski definition) is 4. The van der Waals surface area contributed by atoms with Gasteiger partial charge in [-0.3, -0.25) is 0 Å². The molecule has 6 heteroatoms. The van der Waals surface area contributed by atoms with E-state index in [0.29, 0.717) is 29.7 Å². The van der Waals surface area contributed by atoms with Crippen molar-refractivity contribution < 1.29 is 9.57 Å². The molecule has 0 amide bonds. The summed E-state index contributed by atoms with van der Waals surface area (Å²) in [6, 6.07) is 7.14. The maximum atomic E-state index is 8.47. The van der Waals surface area contributed by atoms with Gasteiger partial charge in [-0.15, -0.1) is 0 Å². The molecule has 0 aliphatic carbocycles. The Kier molecular flexibility index (Phi) is 8.05. The lowest BCUT2D eigenvalue weighted by atomic mass is 10.1. The Balaban J connectivity index is 2.77. The Hall–Kier alpha value is -1.28. The highest BCUT2D eigenvalue weighted by atomic mass is 35.5. The van der Waals surface area contributed by atoms with Crippen LogP contribution in [-0.4, -0.2) is 25.5 Å². The third-order valence-electron chi connectivity index (χ3n) is 2.46. The number of hydrogen-bond donors (Lipinski definition) is 0. The Morgan fingerprint density at radius 3 is 2.80 bits per heavy atom. The largest absolute Gasteiger partial charge is 0.382 e. The fourth-order valence-electron chi connectivity index (χ4n) is 1.54. The molecule has 0 fully saturated rings. The first-order valence-electron chi connectivity index (χ1n) is 6.28. The average molecular weight is 315 g/mol. The van der Waals surface area contributed by atoms with E-state index in [4.69, 9.17) is 38.0 Å². The van der Waals surface area contributed by atoms with Gasteiger partial charge in [0, 0.05) is 18.8 Å². The summed E-state index contributed by atoms with van der Waals surface area (Å²) in [5.41, 5.74) is 1.55. The van der Waals surface area contributed by atoms with Gasteiger partial charge in [0.1, 0.15) is 6.07 Å². The first-order valence-corrected chi connectivity index (χ1v) is 7.03. The number of oxime groups is 1. The van der Waals surface area contributed by atoms with Gasteiger partial charge in [0.25, 0.3) is 0 Å². The maximum absolute atomic E-state index is 8.47. The molecule has 0 aromatic heterocycles. The van der Waals surface area contributed by atoms with E-state index in [2.05, 4.69) is 5.16 Å². The highest BCUT2D eigenvalue weighted by molar-refractivity contribution is 6.42. The first kappa shape index (κ1) is 16.8. The van der Waals surface area contributed by atoms with Crippen molar-refractivity contribution in [1.29, 1.82) is 5.26 Å². The fraction of sp³-hybridized carbons (Fsp3) is 0.429. The number of benzene rings is 1. The van der Waals surface area contributed by atoms with Gasteiger partial charge in [0.2, 0.25) is 6.61 Å². The minimum atomic E-state index is -0.0870. The summed E-state index contributed by atoms with van der Waals surface area (Å²) in [5, 5.41) is 13.4. The monoisotopic (exact) mass is 314 g/mol. The summed E-state index contributed by atoms with van der Waals surface area (Å²) in [5.74, 6) is 0. The van der Waals surface area contributed by atoms with E-state index < -0.39 is 0 Å². The van der Waals surface area contributed by atoms with Gasteiger partial charge in [-0.2, -0.15) is 5.26 Å². The second kappa shape index (κ2) is 9.60. The van der Waals surface area contributed by atoms with Crippen molar-refractivity contribution in [3.8, 4) is 6.07 Å². The molecule has 0 radical (unpaired) electrons. The topological polar surface area (TPSA) is 54.6 Å². The third kappa shape index (κ3) is 5.79. The molecule has 0 spiro atoms. The Labute approximate surface area is 128 Å². The molecule has 0 saturated carbocycles. The summed E-state index contributed by atoms with van der Waals surface area (Å²) in [4.78, 5) is 4.94. The molecular formula is C14H16Cl2N2O2. The summed E-state index contributed by atoms with van der Waals surface area (Å²) < 4.78 is 5.29. The van der Waals surface area contributed by atoms with Crippen molar-refractivity contribution in [2.24, 2.45) is 5.16 Å². The first-order chi connectivity index (χ1) is 9.69. The third-order valence-corrected chi connectivity index (χ3v) is 3.20. The number of halogens is 2. The Morgan fingerprint density at radius 1 is 1.35 bits per heavy atom. The molecule has 0 saturated heterocycles. The maximum Gasteiger partial charge on any atom is 0.202 e. The minimum Gasteiger partial charge on any atom is -0.382 e. The predicted octanol–water partition coefficient (Wildman–Crippen LogP) is 4.05. The minimum absolute atomic E-state index is 0.0870. The van der Waals surface area contributed by atoms with Gasteiger partial charge in [0.05, 0.1) is 15.8 Å². The van der Waals surface area contributed by atoms with Crippen LogP contribution >= 0.6 is 23.2 Å². The van der Waals surface area contributed by atoms with Crippen molar-refractivity contribution in [3.05, 3.63) is 33.8 Å². The van der Waals surface area contributed by atoms with Crippen LogP contribution in [0, 0.1) is 11.3 Å². The lowest BCUT2D eigenvalue weighted by molar-refractivity contribution is 0.145. The second-order valence-electron chi connectivity index (χ2n) is 3.90. The van der Waals surface area contributed by atoms with Crippen LogP contribution in [0.4, 0.5) is 0 Å². The van der Waals surface area contributed by atoms with Crippen LogP contribution < -0.4 is 0 Å². The molecule has 0 N–H and O–H groups in total. The number of nitrogens with zero attached hydrogens (tertiary/aromatic N) is 2. The zero-order valence-corrected chi connectivity index (χ0v) is 12.7. The highest BCUT2D eigenvalue weighted by Gasteiger charge is 2.08. The van der Waals surface area contributed by atoms with Crippen molar-refractivity contribution >= 4 is 28.9 Å². The summed E-state index contributed by atoms with van der Waals surface area (Å²) in [7, 11) is 0. The van der Waals surface area contributed by atoms with Gasteiger partial charge in [0.15, 0.2) is 0 Å². The van der Waals surface area contributed by atoms with E-state index in [1.54, 1.807) is 12.1 Å². The lowest BCUT2D eigenvalue weighted by Gasteiger charge is -2.07. The molecule has 108 valence electrons. The van der Waals surface area contributed by atoms with Crippen LogP contribution in [0.25, 0.3) is 0 Å². The van der Waals surface area contributed by atoms with Crippen molar-refractivity contribution in [3.63, 3.8) is 0 Å². The normalized spacial score (nSPS) is 11.2. The molecule has 0 heterocycles. The fourth-order valence-corrected chi connectivity index (χ4v) is 1.84. The van der Waals surface area contributed by atoms with Crippen LogP contribution in [0.3, 0.4) is 0 Å². The molecule has 1 rings (SSSR count). The van der Waals surface area contributed by atoms with Crippen LogP contribution in [0.15, 0.2) is 23.4 Å². The smallest absolute Gasteiger partial charge is 0.202 e. The molecule has 0 bridgehead atoms. The molecule has 1 aromatic carbocycles. The standard InChI is InChI=1S/C14H16Cl2N2O2/c1-2-19-8-3-4-14(18-20-9-7-17)11-5-6-12(15)13(16)10-11/h5-6,10H,2-4,8-9H2,1H3. The van der Waals surface area contributed by atoms with E-state index in [0.717, 1.165) is 17.7 Å². The molecule has 0 aliphatic heterocycles. The van der Waals surface area contributed by atoms with Gasteiger partial charge in [-0.05, 0) is 31.9 Å². The zero-order valence-electron chi connectivity index (χ0n) is 11.2. The molecule has 0 atom stereocenters. The van der Waals surface area contributed by atoms with Crippen LogP contribution in [-0.2, 0) is 9.57 Å². The number of rotatable bonds is 8. The SMILES string of the molecule is CCOCCCC(=NOCC#N)c1ccc(Cl)c(Cl)c1. The van der Waals surface area contributed by atoms with E-state index in [1.807, 2.05) is 19.1 Å². The van der Waals surface area contributed by atoms with Gasteiger partial charge >= 0.3 is 0 Å². The summed E-state index contributed by atoms with van der Waals surface area (Å²) in [6.45, 7) is 3.19. The van der Waals surface area contributed by atoms with Gasteiger partial charge < -0.3 is 9.57 Å². The van der Waals surface area contributed by atoms with Gasteiger partial charge in [-0.1, -0.05) is 34.4 Å². The number of nitriles is 1. The van der Waals surface area contributed by atoms with Crippen LogP contribution in [0.1, 0.15) is 25.3 Å². The van der Waals surface area contributed by atoms with Crippen molar-refractivity contribution in [1.82, 2.24) is 0 Å². The van der Waals surface area contributed by atoms with E-state index in [-0.39, 0.29) is 6.61 Å². The number of ether oxygens (including phenoxy) is 1. The van der Waals surface area contributed by atoms with E-state index in [1.165, 1.54) is 0 Å². The summed E-state index contributed by atoms with van der Waals surface area (Å²) >= 11 is 11.9. The molecular weight excluding hydrogens is 299 g/mol. The quantitative estimate of drug-likeness (QED) is 0.413. The molecule has 0 unspecified atom stereocenters. The Morgan fingerprint density at radius 2 is 2.15 bits per heavy atom. The molecule has 4 nitrogen and oxygen atoms in total. The van der Waals surface area contributed by atoms with Gasteiger partial charge in [-0.25, -0.2) is 0 Å². The lowest BCUT2D eigenvalue weighted by Crippen LogP contribution is -2.05. The Bertz CT molecular complexity index is 498. The molecule has 0 aliphatic rings. The summed E-state index contributed by atoms with van der Waals surface area (Å²) in [6.07, 6.45) is 1.48. The zero-order chi connectivity index (χ0) is 14.8.